The molecule has 3 aromatic rings. The van der Waals surface area contributed by atoms with Crippen molar-refractivity contribution in [2.24, 2.45) is 5.10 Å². The van der Waals surface area contributed by atoms with Crippen molar-refractivity contribution >= 4 is 18.4 Å². The summed E-state index contributed by atoms with van der Waals surface area (Å²) in [5.74, 6) is -1.46. The van der Waals surface area contributed by atoms with E-state index in [-0.39, 0.29) is 16.2 Å². The molecule has 8 heteroatoms. The maximum absolute atomic E-state index is 13.6. The van der Waals surface area contributed by atoms with E-state index in [1.807, 2.05) is 0 Å². The Balaban J connectivity index is 2.00. The Labute approximate surface area is 133 Å². The number of hydrogen-bond acceptors (Lipinski definition) is 3. The molecule has 0 saturated carbocycles. The maximum Gasteiger partial charge on any atom is 0.216 e. The van der Waals surface area contributed by atoms with Crippen LogP contribution in [0, 0.1) is 22.2 Å². The topological polar surface area (TPSA) is 46.0 Å². The first-order valence-corrected chi connectivity index (χ1v) is 6.88. The first kappa shape index (κ1) is 15.2. The van der Waals surface area contributed by atoms with Gasteiger partial charge in [-0.2, -0.15) is 14.9 Å². The van der Waals surface area contributed by atoms with Crippen molar-refractivity contribution in [2.75, 3.05) is 0 Å². The van der Waals surface area contributed by atoms with Crippen LogP contribution in [-0.4, -0.2) is 21.1 Å². The predicted octanol–water partition coefficient (Wildman–Crippen LogP) is 3.91. The van der Waals surface area contributed by atoms with Gasteiger partial charge in [-0.05, 0) is 48.6 Å². The van der Waals surface area contributed by atoms with E-state index in [4.69, 9.17) is 12.2 Å². The third-order valence-corrected chi connectivity index (χ3v) is 3.29. The summed E-state index contributed by atoms with van der Waals surface area (Å²) in [5, 5.41) is 10.6. The molecule has 0 saturated heterocycles. The highest BCUT2D eigenvalue weighted by molar-refractivity contribution is 7.71. The third kappa shape index (κ3) is 3.21. The van der Waals surface area contributed by atoms with Gasteiger partial charge >= 0.3 is 0 Å². The van der Waals surface area contributed by atoms with Gasteiger partial charge in [0, 0.05) is 17.2 Å². The Morgan fingerprint density at radius 1 is 1.04 bits per heavy atom. The zero-order valence-electron chi connectivity index (χ0n) is 11.5. The Morgan fingerprint density at radius 2 is 1.74 bits per heavy atom. The zero-order valence-corrected chi connectivity index (χ0v) is 12.3. The lowest BCUT2D eigenvalue weighted by Gasteiger charge is -2.01. The molecule has 0 bridgehead atoms. The number of aromatic nitrogens is 3. The van der Waals surface area contributed by atoms with Gasteiger partial charge in [-0.3, -0.25) is 0 Å². The molecule has 0 unspecified atom stereocenters. The number of aromatic amines is 1. The molecule has 2 aromatic carbocycles. The van der Waals surface area contributed by atoms with E-state index in [2.05, 4.69) is 15.3 Å². The third-order valence-electron chi connectivity index (χ3n) is 3.03. The molecule has 0 fully saturated rings. The number of nitrogens with one attached hydrogen (secondary N) is 1. The molecule has 0 amide bonds. The monoisotopic (exact) mass is 334 g/mol. The van der Waals surface area contributed by atoms with Crippen LogP contribution in [0.3, 0.4) is 0 Å². The molecule has 0 atom stereocenters. The molecule has 0 aliphatic carbocycles. The van der Waals surface area contributed by atoms with Gasteiger partial charge in [0.15, 0.2) is 5.82 Å². The summed E-state index contributed by atoms with van der Waals surface area (Å²) in [6.07, 6.45) is 1.20. The van der Waals surface area contributed by atoms with E-state index < -0.39 is 11.6 Å². The van der Waals surface area contributed by atoms with E-state index >= 15 is 0 Å². The zero-order chi connectivity index (χ0) is 16.4. The summed E-state index contributed by atoms with van der Waals surface area (Å²) in [5.41, 5.74) is 0.676. The summed E-state index contributed by atoms with van der Waals surface area (Å²) < 4.78 is 41.0. The number of halogens is 3. The van der Waals surface area contributed by atoms with Crippen LogP contribution in [0.25, 0.3) is 11.4 Å². The lowest BCUT2D eigenvalue weighted by Crippen LogP contribution is -1.97. The van der Waals surface area contributed by atoms with E-state index in [9.17, 15) is 13.2 Å². The van der Waals surface area contributed by atoms with Crippen molar-refractivity contribution < 1.29 is 13.2 Å². The van der Waals surface area contributed by atoms with Gasteiger partial charge in [0.2, 0.25) is 4.77 Å². The van der Waals surface area contributed by atoms with Crippen molar-refractivity contribution in [1.29, 1.82) is 0 Å². The summed E-state index contributed by atoms with van der Waals surface area (Å²) in [6, 6.07) is 8.74. The number of rotatable bonds is 3. The highest BCUT2D eigenvalue weighted by Crippen LogP contribution is 2.17. The molecule has 0 radical (unpaired) electrons. The van der Waals surface area contributed by atoms with Gasteiger partial charge in [0.1, 0.15) is 17.5 Å². The predicted molar refractivity (Wildman–Crippen MR) is 82.2 cm³/mol. The Morgan fingerprint density at radius 3 is 2.43 bits per heavy atom. The minimum Gasteiger partial charge on any atom is -0.250 e. The van der Waals surface area contributed by atoms with Crippen LogP contribution in [0.4, 0.5) is 13.2 Å². The quantitative estimate of drug-likeness (QED) is 0.583. The molecular formula is C15H9F3N4S. The molecule has 4 nitrogen and oxygen atoms in total. The van der Waals surface area contributed by atoms with Gasteiger partial charge in [-0.15, -0.1) is 0 Å². The SMILES string of the molecule is Fc1ccc(-c2n[nH]c(=S)n2/N=C\c2ccc(F)cc2F)cc1. The second-order valence-electron chi connectivity index (χ2n) is 4.58. The van der Waals surface area contributed by atoms with Crippen LogP contribution >= 0.6 is 12.2 Å². The minimum absolute atomic E-state index is 0.0968. The fourth-order valence-electron chi connectivity index (χ4n) is 1.91. The van der Waals surface area contributed by atoms with Gasteiger partial charge in [-0.25, -0.2) is 18.3 Å². The van der Waals surface area contributed by atoms with Crippen LogP contribution in [0.5, 0.6) is 0 Å². The normalized spacial score (nSPS) is 11.3. The molecule has 0 aliphatic heterocycles. The summed E-state index contributed by atoms with van der Waals surface area (Å²) >= 11 is 5.07. The fraction of sp³-hybridized carbons (Fsp3) is 0. The number of nitrogens with zero attached hydrogens (tertiary/aromatic N) is 3. The van der Waals surface area contributed by atoms with Gasteiger partial charge in [-0.1, -0.05) is 0 Å². The van der Waals surface area contributed by atoms with Crippen LogP contribution in [0.2, 0.25) is 0 Å². The van der Waals surface area contributed by atoms with Gasteiger partial charge < -0.3 is 0 Å². The fourth-order valence-corrected chi connectivity index (χ4v) is 2.09. The second-order valence-corrected chi connectivity index (χ2v) is 4.97. The van der Waals surface area contributed by atoms with Gasteiger partial charge in [0.05, 0.1) is 6.21 Å². The van der Waals surface area contributed by atoms with Crippen LogP contribution < -0.4 is 0 Å². The molecule has 116 valence electrons. The molecular weight excluding hydrogens is 325 g/mol. The average Bonchev–Trinajstić information content (AvgIpc) is 2.88. The van der Waals surface area contributed by atoms with E-state index in [0.29, 0.717) is 11.4 Å². The number of benzene rings is 2. The number of H-pyrrole nitrogens is 1. The van der Waals surface area contributed by atoms with Crippen molar-refractivity contribution in [2.45, 2.75) is 0 Å². The van der Waals surface area contributed by atoms with E-state index in [0.717, 1.165) is 12.1 Å². The first-order chi connectivity index (χ1) is 11.0. The largest absolute Gasteiger partial charge is 0.250 e. The smallest absolute Gasteiger partial charge is 0.216 e. The lowest BCUT2D eigenvalue weighted by molar-refractivity contribution is 0.582. The standard InChI is InChI=1S/C15H9F3N4S/c16-11-4-1-9(2-5-11)14-20-21-15(23)22(14)19-8-10-3-6-12(17)7-13(10)18/h1-8H,(H,21,23)/b19-8-. The van der Waals surface area contributed by atoms with E-state index in [1.54, 1.807) is 0 Å². The maximum atomic E-state index is 13.6. The van der Waals surface area contributed by atoms with Crippen molar-refractivity contribution in [3.05, 3.63) is 70.3 Å². The molecule has 0 spiro atoms. The molecule has 1 N–H and O–H groups in total. The van der Waals surface area contributed by atoms with Crippen LogP contribution in [0.15, 0.2) is 47.6 Å². The molecule has 0 aliphatic rings. The average molecular weight is 334 g/mol. The molecule has 3 rings (SSSR count). The molecule has 1 heterocycles. The second kappa shape index (κ2) is 6.17. The highest BCUT2D eigenvalue weighted by atomic mass is 32.1. The Kier molecular flexibility index (Phi) is 4.07. The first-order valence-electron chi connectivity index (χ1n) is 6.47. The minimum atomic E-state index is -0.743. The van der Waals surface area contributed by atoms with E-state index in [1.165, 1.54) is 41.2 Å². The van der Waals surface area contributed by atoms with Crippen molar-refractivity contribution in [3.8, 4) is 11.4 Å². The van der Waals surface area contributed by atoms with Crippen molar-refractivity contribution in [1.82, 2.24) is 14.9 Å². The summed E-state index contributed by atoms with van der Waals surface area (Å²) in [7, 11) is 0. The Bertz CT molecular complexity index is 929. The Hall–Kier alpha value is -2.74. The van der Waals surface area contributed by atoms with Crippen LogP contribution in [-0.2, 0) is 0 Å². The number of hydrogen-bond donors (Lipinski definition) is 1. The van der Waals surface area contributed by atoms with Crippen molar-refractivity contribution in [3.63, 3.8) is 0 Å². The summed E-state index contributed by atoms with van der Waals surface area (Å²) in [4.78, 5) is 0. The highest BCUT2D eigenvalue weighted by Gasteiger charge is 2.08. The molecule has 1 aromatic heterocycles. The summed E-state index contributed by atoms with van der Waals surface area (Å²) in [6.45, 7) is 0. The van der Waals surface area contributed by atoms with Gasteiger partial charge in [0.25, 0.3) is 0 Å². The molecule has 23 heavy (non-hydrogen) atoms. The lowest BCUT2D eigenvalue weighted by atomic mass is 10.2. The van der Waals surface area contributed by atoms with Crippen LogP contribution in [0.1, 0.15) is 5.56 Å².